The normalized spacial score (nSPS) is 18.6. The van der Waals surface area contributed by atoms with Gasteiger partial charge in [-0.2, -0.15) is 0 Å². The summed E-state index contributed by atoms with van der Waals surface area (Å²) >= 11 is 0. The summed E-state index contributed by atoms with van der Waals surface area (Å²) in [6.45, 7) is 1.39. The molecule has 128 valence electrons. The Morgan fingerprint density at radius 2 is 1.92 bits per heavy atom. The van der Waals surface area contributed by atoms with Crippen LogP contribution in [0.3, 0.4) is 0 Å². The molecule has 1 atom stereocenters. The molecule has 2 aromatic carbocycles. The Kier molecular flexibility index (Phi) is 3.90. The molecule has 1 aliphatic rings. The van der Waals surface area contributed by atoms with Crippen molar-refractivity contribution in [3.05, 3.63) is 59.2 Å². The molecule has 0 aromatic heterocycles. The molecular weight excluding hydrogens is 322 g/mol. The number of hydrogen-bond acceptors (Lipinski definition) is 6. The lowest BCUT2D eigenvalue weighted by Crippen LogP contribution is -2.44. The summed E-state index contributed by atoms with van der Waals surface area (Å²) in [5.41, 5.74) is 13.0. The largest absolute Gasteiger partial charge is 0.478 e. The lowest BCUT2D eigenvalue weighted by molar-refractivity contribution is -0.114. The Morgan fingerprint density at radius 3 is 2.60 bits per heavy atom. The minimum atomic E-state index is -1.45. The average Bonchev–Trinajstić information content (AvgIpc) is 2.54. The van der Waals surface area contributed by atoms with Gasteiger partial charge in [0.2, 0.25) is 5.91 Å². The third-order valence-corrected chi connectivity index (χ3v) is 3.89. The van der Waals surface area contributed by atoms with Gasteiger partial charge in [0.25, 0.3) is 0 Å². The van der Waals surface area contributed by atoms with Gasteiger partial charge in [0.1, 0.15) is 0 Å². The summed E-state index contributed by atoms with van der Waals surface area (Å²) in [6.07, 6.45) is 0. The number of rotatable bonds is 3. The first-order valence-electron chi connectivity index (χ1n) is 7.47. The summed E-state index contributed by atoms with van der Waals surface area (Å²) in [4.78, 5) is 27.1. The smallest absolute Gasteiger partial charge is 0.335 e. The van der Waals surface area contributed by atoms with E-state index >= 15 is 0 Å². The van der Waals surface area contributed by atoms with E-state index in [0.29, 0.717) is 22.5 Å². The molecule has 1 unspecified atom stereocenters. The number of aliphatic imine (C=N–C) groups is 1. The molecule has 1 amide bonds. The number of carbonyl (C=O) groups excluding carboxylic acids is 1. The summed E-state index contributed by atoms with van der Waals surface area (Å²) < 4.78 is 0. The van der Waals surface area contributed by atoms with Gasteiger partial charge in [-0.15, -0.1) is 0 Å². The first kappa shape index (κ1) is 16.5. The van der Waals surface area contributed by atoms with Crippen molar-refractivity contribution in [1.29, 1.82) is 0 Å². The highest BCUT2D eigenvalue weighted by atomic mass is 16.4. The van der Waals surface area contributed by atoms with Crippen molar-refractivity contribution in [3.63, 3.8) is 0 Å². The Morgan fingerprint density at radius 1 is 1.20 bits per heavy atom. The monoisotopic (exact) mass is 339 g/mol. The zero-order valence-electron chi connectivity index (χ0n) is 13.4. The Labute approximate surface area is 143 Å². The minimum absolute atomic E-state index is 0.0723. The van der Waals surface area contributed by atoms with Gasteiger partial charge in [0, 0.05) is 29.4 Å². The molecule has 1 aliphatic heterocycles. The van der Waals surface area contributed by atoms with Crippen LogP contribution in [0, 0.1) is 0 Å². The maximum atomic E-state index is 11.5. The fourth-order valence-corrected chi connectivity index (χ4v) is 2.84. The predicted molar refractivity (Wildman–Crippen MR) is 94.4 cm³/mol. The number of nitrogens with zero attached hydrogens (tertiary/aromatic N) is 1. The fraction of sp³-hybridized carbons (Fsp3) is 0.118. The van der Waals surface area contributed by atoms with E-state index in [4.69, 9.17) is 11.5 Å². The number of hydrogen-bond donors (Lipinski definition) is 5. The van der Waals surface area contributed by atoms with Crippen molar-refractivity contribution >= 4 is 29.2 Å². The molecule has 0 saturated heterocycles. The lowest BCUT2D eigenvalue weighted by atomic mass is 9.87. The van der Waals surface area contributed by atoms with Crippen molar-refractivity contribution in [3.8, 4) is 0 Å². The number of nitrogens with one attached hydrogen (secondary N) is 2. The number of guanidine groups is 1. The van der Waals surface area contributed by atoms with Crippen molar-refractivity contribution < 1.29 is 14.7 Å². The second-order valence-electron chi connectivity index (χ2n) is 5.68. The van der Waals surface area contributed by atoms with Gasteiger partial charge in [-0.05, 0) is 24.3 Å². The molecule has 0 radical (unpaired) electrons. The summed E-state index contributed by atoms with van der Waals surface area (Å²) in [5, 5.41) is 14.9. The van der Waals surface area contributed by atoms with E-state index in [2.05, 4.69) is 15.6 Å². The molecule has 7 N–H and O–H groups in total. The molecule has 25 heavy (non-hydrogen) atoms. The second-order valence-corrected chi connectivity index (χ2v) is 5.68. The highest BCUT2D eigenvalue weighted by Gasteiger charge is 2.37. The number of benzene rings is 2. The number of carboxylic acids is 1. The van der Waals surface area contributed by atoms with Gasteiger partial charge in [-0.1, -0.05) is 18.2 Å². The number of carbonyl (C=O) groups is 2. The molecule has 0 spiro atoms. The van der Waals surface area contributed by atoms with Crippen molar-refractivity contribution in [2.24, 2.45) is 16.5 Å². The van der Waals surface area contributed by atoms with Crippen molar-refractivity contribution in [2.75, 3.05) is 10.6 Å². The van der Waals surface area contributed by atoms with Crippen LogP contribution in [0.1, 0.15) is 28.4 Å². The molecule has 2 aromatic rings. The molecule has 0 saturated carbocycles. The molecule has 1 heterocycles. The maximum Gasteiger partial charge on any atom is 0.335 e. The Hall–Kier alpha value is -3.39. The molecule has 8 heteroatoms. The van der Waals surface area contributed by atoms with Crippen LogP contribution in [0.5, 0.6) is 0 Å². The minimum Gasteiger partial charge on any atom is -0.478 e. The molecular formula is C17H17N5O3. The number of fused-ring (bicyclic) bond motifs is 1. The fourth-order valence-electron chi connectivity index (χ4n) is 2.84. The van der Waals surface area contributed by atoms with Gasteiger partial charge in [0.05, 0.1) is 5.56 Å². The summed E-state index contributed by atoms with van der Waals surface area (Å²) in [7, 11) is 0. The average molecular weight is 339 g/mol. The van der Waals surface area contributed by atoms with Gasteiger partial charge in [-0.3, -0.25) is 10.5 Å². The van der Waals surface area contributed by atoms with E-state index in [9.17, 15) is 14.7 Å². The number of anilines is 2. The Bertz CT molecular complexity index is 909. The van der Waals surface area contributed by atoms with Crippen LogP contribution in [-0.4, -0.2) is 22.9 Å². The lowest BCUT2D eigenvalue weighted by Gasteiger charge is -2.34. The molecule has 0 bridgehead atoms. The topological polar surface area (TPSA) is 143 Å². The number of para-hydroxylation sites is 1. The van der Waals surface area contributed by atoms with Crippen molar-refractivity contribution in [2.45, 2.75) is 12.6 Å². The molecule has 0 aliphatic carbocycles. The van der Waals surface area contributed by atoms with Crippen LogP contribution in [0.2, 0.25) is 0 Å². The van der Waals surface area contributed by atoms with Gasteiger partial charge in [-0.25, -0.2) is 9.79 Å². The van der Waals surface area contributed by atoms with Crippen LogP contribution in [0.15, 0.2) is 47.5 Å². The zero-order valence-corrected chi connectivity index (χ0v) is 13.4. The van der Waals surface area contributed by atoms with E-state index in [1.54, 1.807) is 30.3 Å². The van der Waals surface area contributed by atoms with Crippen LogP contribution >= 0.6 is 0 Å². The van der Waals surface area contributed by atoms with E-state index < -0.39 is 11.6 Å². The van der Waals surface area contributed by atoms with E-state index in [1.165, 1.54) is 19.1 Å². The predicted octanol–water partition coefficient (Wildman–Crippen LogP) is 1.24. The highest BCUT2D eigenvalue weighted by molar-refractivity contribution is 5.98. The number of carboxylic acid groups (broad SMARTS) is 1. The number of aromatic carboxylic acids is 1. The summed E-state index contributed by atoms with van der Waals surface area (Å²) in [5.74, 6) is -1.25. The van der Waals surface area contributed by atoms with E-state index in [1.807, 2.05) is 0 Å². The van der Waals surface area contributed by atoms with E-state index in [-0.39, 0.29) is 17.4 Å². The standard InChI is InChI=1S/C17H17N5O3/c1-9(23)20-13-5-3-2-4-11(13)17(19)12-8-10(15(24)25)6-7-14(12)21-16(18)22-17/h2-8H,19H2,1H3,(H,20,23)(H,24,25)(H3,18,21,22). The van der Waals surface area contributed by atoms with E-state index in [0.717, 1.165) is 0 Å². The maximum absolute atomic E-state index is 11.5. The first-order valence-corrected chi connectivity index (χ1v) is 7.47. The summed E-state index contributed by atoms with van der Waals surface area (Å²) in [6, 6.07) is 11.4. The zero-order chi connectivity index (χ0) is 18.2. The van der Waals surface area contributed by atoms with Gasteiger partial charge < -0.3 is 21.5 Å². The number of amides is 1. The quantitative estimate of drug-likeness (QED) is 0.569. The molecule has 8 nitrogen and oxygen atoms in total. The van der Waals surface area contributed by atoms with Crippen LogP contribution in [0.25, 0.3) is 0 Å². The second kappa shape index (κ2) is 5.91. The van der Waals surface area contributed by atoms with Crippen LogP contribution < -0.4 is 22.1 Å². The highest BCUT2D eigenvalue weighted by Crippen LogP contribution is 2.39. The Balaban J connectivity index is 2.25. The van der Waals surface area contributed by atoms with Gasteiger partial charge in [0.15, 0.2) is 11.6 Å². The molecule has 3 rings (SSSR count). The first-order chi connectivity index (χ1) is 11.8. The third kappa shape index (κ3) is 2.90. The third-order valence-electron chi connectivity index (χ3n) is 3.89. The SMILES string of the molecule is CC(=O)Nc1ccccc1C1(N)N=C(N)Nc2ccc(C(=O)O)cc21. The number of nitrogens with two attached hydrogens (primary N) is 2. The molecule has 0 fully saturated rings. The van der Waals surface area contributed by atoms with Gasteiger partial charge >= 0.3 is 5.97 Å². The van der Waals surface area contributed by atoms with Crippen LogP contribution in [0.4, 0.5) is 11.4 Å². The van der Waals surface area contributed by atoms with Crippen LogP contribution in [-0.2, 0) is 10.5 Å². The van der Waals surface area contributed by atoms with Crippen molar-refractivity contribution in [1.82, 2.24) is 0 Å².